The molecular weight excluding hydrogens is 492 g/mol. The quantitative estimate of drug-likeness (QED) is 0.320. The summed E-state index contributed by atoms with van der Waals surface area (Å²) in [5, 5.41) is 9.70. The van der Waals surface area contributed by atoms with Crippen molar-refractivity contribution < 1.29 is 38.6 Å². The summed E-state index contributed by atoms with van der Waals surface area (Å²) in [7, 11) is 0. The Morgan fingerprint density at radius 3 is 1.55 bits per heavy atom. The highest BCUT2D eigenvalue weighted by Crippen LogP contribution is 2.40. The van der Waals surface area contributed by atoms with Gasteiger partial charge in [-0.25, -0.2) is 14.6 Å². The van der Waals surface area contributed by atoms with Gasteiger partial charge in [0, 0.05) is 39.1 Å². The molecule has 4 amide bonds. The van der Waals surface area contributed by atoms with Gasteiger partial charge >= 0.3 is 5.97 Å². The zero-order valence-electron chi connectivity index (χ0n) is 19.2. The summed E-state index contributed by atoms with van der Waals surface area (Å²) < 4.78 is 4.84. The molecule has 0 aromatic heterocycles. The second-order valence-corrected chi connectivity index (χ2v) is 8.53. The minimum atomic E-state index is -1.22. The smallest absolute Gasteiger partial charge is 0.335 e. The fraction of sp³-hybridized carbons (Fsp3) is 0. The van der Waals surface area contributed by atoms with Crippen LogP contribution in [0.25, 0.3) is 10.8 Å². The van der Waals surface area contributed by atoms with Crippen molar-refractivity contribution in [1.82, 2.24) is 0 Å². The van der Waals surface area contributed by atoms with Crippen molar-refractivity contribution in [3.63, 3.8) is 0 Å². The van der Waals surface area contributed by atoms with Crippen molar-refractivity contribution in [3.8, 4) is 5.75 Å². The van der Waals surface area contributed by atoms with E-state index in [0.29, 0.717) is 0 Å². The number of carbonyl (C=O) groups is 6. The third-order valence-electron chi connectivity index (χ3n) is 6.51. The van der Waals surface area contributed by atoms with Gasteiger partial charge in [0.25, 0.3) is 30.1 Å². The average molecular weight is 506 g/mol. The standard InChI is InChI=1S/C28H14N2O8/c31-13-38-17-6-2-5-16(12-17)30-26(34)20-9-7-18-22-19(8-10-21(23(20)22)27(30)35)25(33)29(24(18)32)15-4-1-3-14(11-15)28(36)37/h1-13H,(H,36,37). The molecule has 2 aliphatic heterocycles. The van der Waals surface area contributed by atoms with E-state index in [0.717, 1.165) is 9.80 Å². The molecule has 10 heteroatoms. The lowest BCUT2D eigenvalue weighted by molar-refractivity contribution is -0.120. The van der Waals surface area contributed by atoms with E-state index in [-0.39, 0.29) is 62.2 Å². The highest BCUT2D eigenvalue weighted by molar-refractivity contribution is 6.42. The summed E-state index contributed by atoms with van der Waals surface area (Å²) >= 11 is 0. The number of benzene rings is 4. The molecule has 0 radical (unpaired) electrons. The van der Waals surface area contributed by atoms with Crippen molar-refractivity contribution in [2.24, 2.45) is 0 Å². The highest BCUT2D eigenvalue weighted by atomic mass is 16.5. The number of ether oxygens (including phenoxy) is 1. The summed E-state index contributed by atoms with van der Waals surface area (Å²) in [6.45, 7) is 0.228. The van der Waals surface area contributed by atoms with Crippen molar-refractivity contribution >= 4 is 58.2 Å². The molecule has 0 unspecified atom stereocenters. The van der Waals surface area contributed by atoms with Gasteiger partial charge in [0.05, 0.1) is 16.9 Å². The molecule has 184 valence electrons. The Hall–Kier alpha value is -5.64. The Kier molecular flexibility index (Phi) is 4.92. The van der Waals surface area contributed by atoms with Gasteiger partial charge in [-0.15, -0.1) is 0 Å². The van der Waals surface area contributed by atoms with E-state index in [4.69, 9.17) is 4.74 Å². The minimum absolute atomic E-state index is 0.0784. The van der Waals surface area contributed by atoms with Crippen LogP contribution in [-0.4, -0.2) is 41.2 Å². The molecule has 10 nitrogen and oxygen atoms in total. The summed E-state index contributed by atoms with van der Waals surface area (Å²) in [5.41, 5.74) is 0.572. The number of nitrogens with zero attached hydrogens (tertiary/aromatic N) is 2. The number of carbonyl (C=O) groups excluding carboxylic acids is 5. The summed E-state index contributed by atoms with van der Waals surface area (Å²) in [4.78, 5) is 78.0. The third-order valence-corrected chi connectivity index (χ3v) is 6.51. The molecule has 1 N–H and O–H groups in total. The van der Waals surface area contributed by atoms with Crippen LogP contribution in [0.5, 0.6) is 5.75 Å². The molecule has 2 aliphatic rings. The summed E-state index contributed by atoms with van der Waals surface area (Å²) in [6.07, 6.45) is 0. The number of carboxylic acids is 1. The van der Waals surface area contributed by atoms with E-state index >= 15 is 0 Å². The number of carboxylic acid groups (broad SMARTS) is 1. The van der Waals surface area contributed by atoms with Crippen LogP contribution >= 0.6 is 0 Å². The van der Waals surface area contributed by atoms with Crippen molar-refractivity contribution in [2.75, 3.05) is 9.80 Å². The SMILES string of the molecule is O=COc1cccc(N2C(=O)c3ccc4c5c(ccc(c35)C2=O)C(=O)N(c2cccc(C(=O)O)c2)C4=O)c1. The first-order valence-electron chi connectivity index (χ1n) is 11.2. The normalized spacial score (nSPS) is 14.2. The molecule has 0 saturated heterocycles. The van der Waals surface area contributed by atoms with Gasteiger partial charge in [-0.3, -0.25) is 24.0 Å². The molecule has 0 aliphatic carbocycles. The van der Waals surface area contributed by atoms with Crippen LogP contribution in [0.4, 0.5) is 11.4 Å². The first-order valence-corrected chi connectivity index (χ1v) is 11.2. The van der Waals surface area contributed by atoms with Crippen LogP contribution in [0.2, 0.25) is 0 Å². The molecule has 0 fully saturated rings. The van der Waals surface area contributed by atoms with E-state index in [1.165, 1.54) is 72.8 Å². The second-order valence-electron chi connectivity index (χ2n) is 8.53. The van der Waals surface area contributed by atoms with E-state index in [2.05, 4.69) is 0 Å². The topological polar surface area (TPSA) is 138 Å². The highest BCUT2D eigenvalue weighted by Gasteiger charge is 2.40. The molecule has 0 bridgehead atoms. The molecule has 2 heterocycles. The van der Waals surface area contributed by atoms with Gasteiger partial charge in [-0.2, -0.15) is 0 Å². The Labute approximate surface area is 213 Å². The lowest BCUT2D eigenvalue weighted by Crippen LogP contribution is -2.43. The van der Waals surface area contributed by atoms with Gasteiger partial charge in [0.2, 0.25) is 0 Å². The number of hydrogen-bond donors (Lipinski definition) is 1. The van der Waals surface area contributed by atoms with Gasteiger partial charge in [-0.1, -0.05) is 12.1 Å². The lowest BCUT2D eigenvalue weighted by atomic mass is 9.85. The Bertz CT molecular complexity index is 1720. The van der Waals surface area contributed by atoms with Crippen LogP contribution in [-0.2, 0) is 4.79 Å². The van der Waals surface area contributed by atoms with Crippen LogP contribution in [0, 0.1) is 0 Å². The molecular formula is C28H14N2O8. The van der Waals surface area contributed by atoms with Gasteiger partial charge < -0.3 is 9.84 Å². The van der Waals surface area contributed by atoms with Gasteiger partial charge in [0.15, 0.2) is 0 Å². The molecule has 4 aromatic rings. The van der Waals surface area contributed by atoms with Crippen LogP contribution in [0.3, 0.4) is 0 Å². The Balaban J connectivity index is 1.51. The van der Waals surface area contributed by atoms with Crippen LogP contribution in [0.15, 0.2) is 72.8 Å². The van der Waals surface area contributed by atoms with Gasteiger partial charge in [-0.05, 0) is 54.6 Å². The van der Waals surface area contributed by atoms with E-state index < -0.39 is 29.6 Å². The number of imide groups is 2. The third kappa shape index (κ3) is 3.14. The summed E-state index contributed by atoms with van der Waals surface area (Å²) in [5.74, 6) is -3.86. The van der Waals surface area contributed by atoms with Crippen molar-refractivity contribution in [1.29, 1.82) is 0 Å². The predicted octanol–water partition coefficient (Wildman–Crippen LogP) is 3.67. The largest absolute Gasteiger partial charge is 0.478 e. The maximum absolute atomic E-state index is 13.5. The van der Waals surface area contributed by atoms with E-state index in [1.54, 1.807) is 0 Å². The maximum Gasteiger partial charge on any atom is 0.335 e. The minimum Gasteiger partial charge on any atom is -0.478 e. The van der Waals surface area contributed by atoms with Crippen LogP contribution in [0.1, 0.15) is 51.8 Å². The fourth-order valence-electron chi connectivity index (χ4n) is 4.87. The van der Waals surface area contributed by atoms with Crippen molar-refractivity contribution in [2.45, 2.75) is 0 Å². The second kappa shape index (κ2) is 8.20. The van der Waals surface area contributed by atoms with E-state index in [9.17, 15) is 33.9 Å². The number of aromatic carboxylic acids is 1. The first kappa shape index (κ1) is 22.8. The Morgan fingerprint density at radius 1 is 0.658 bits per heavy atom. The number of amides is 4. The molecule has 0 spiro atoms. The number of rotatable bonds is 5. The number of anilines is 2. The molecule has 0 atom stereocenters. The van der Waals surface area contributed by atoms with E-state index in [1.807, 2.05) is 0 Å². The summed E-state index contributed by atoms with van der Waals surface area (Å²) in [6, 6.07) is 17.0. The Morgan fingerprint density at radius 2 is 1.11 bits per heavy atom. The average Bonchev–Trinajstić information content (AvgIpc) is 2.91. The van der Waals surface area contributed by atoms with Crippen molar-refractivity contribution in [3.05, 3.63) is 101 Å². The zero-order valence-corrected chi connectivity index (χ0v) is 19.2. The molecule has 4 aromatic carbocycles. The molecule has 6 rings (SSSR count). The fourth-order valence-corrected chi connectivity index (χ4v) is 4.87. The zero-order chi connectivity index (χ0) is 26.7. The van der Waals surface area contributed by atoms with Gasteiger partial charge in [0.1, 0.15) is 5.75 Å². The predicted molar refractivity (Wildman–Crippen MR) is 133 cm³/mol. The number of hydrogen-bond acceptors (Lipinski definition) is 7. The lowest BCUT2D eigenvalue weighted by Gasteiger charge is -2.32. The maximum atomic E-state index is 13.5. The first-order chi connectivity index (χ1) is 18.3. The van der Waals surface area contributed by atoms with Crippen LogP contribution < -0.4 is 14.5 Å². The molecule has 0 saturated carbocycles. The molecule has 38 heavy (non-hydrogen) atoms. The monoisotopic (exact) mass is 506 g/mol.